The largest absolute Gasteiger partial charge is 0.454 e. The average molecular weight is 343 g/mol. The van der Waals surface area contributed by atoms with Crippen molar-refractivity contribution in [2.45, 2.75) is 25.0 Å². The Labute approximate surface area is 144 Å². The van der Waals surface area contributed by atoms with E-state index in [2.05, 4.69) is 5.32 Å². The molecule has 1 aliphatic heterocycles. The van der Waals surface area contributed by atoms with Crippen LogP contribution in [0, 0.1) is 11.7 Å². The molecule has 1 saturated carbocycles. The molecule has 2 aliphatic rings. The number of aliphatic hydroxyl groups is 1. The SMILES string of the molecule is O=C(NC(c1ccc(F)cc1)C1CC(O)C1)c1ccc2c(c1)OCO2. The molecule has 2 aromatic carbocycles. The minimum Gasteiger partial charge on any atom is -0.454 e. The van der Waals surface area contributed by atoms with Crippen LogP contribution in [-0.4, -0.2) is 23.9 Å². The summed E-state index contributed by atoms with van der Waals surface area (Å²) in [5, 5.41) is 12.6. The van der Waals surface area contributed by atoms with Gasteiger partial charge in [-0.3, -0.25) is 4.79 Å². The maximum atomic E-state index is 13.2. The van der Waals surface area contributed by atoms with Gasteiger partial charge in [0.15, 0.2) is 11.5 Å². The summed E-state index contributed by atoms with van der Waals surface area (Å²) >= 11 is 0. The van der Waals surface area contributed by atoms with Gasteiger partial charge in [-0.15, -0.1) is 0 Å². The molecule has 0 radical (unpaired) electrons. The number of ether oxygens (including phenoxy) is 2. The summed E-state index contributed by atoms with van der Waals surface area (Å²) in [4.78, 5) is 12.7. The van der Waals surface area contributed by atoms with E-state index in [9.17, 15) is 14.3 Å². The Morgan fingerprint density at radius 3 is 2.56 bits per heavy atom. The molecular formula is C19H18FNO4. The predicted octanol–water partition coefficient (Wildman–Crippen LogP) is 2.80. The van der Waals surface area contributed by atoms with Crippen molar-refractivity contribution in [2.24, 2.45) is 5.92 Å². The highest BCUT2D eigenvalue weighted by Crippen LogP contribution is 2.38. The molecule has 2 N–H and O–H groups in total. The summed E-state index contributed by atoms with van der Waals surface area (Å²) in [5.41, 5.74) is 1.30. The van der Waals surface area contributed by atoms with Crippen LogP contribution in [0.25, 0.3) is 0 Å². The fourth-order valence-electron chi connectivity index (χ4n) is 3.31. The van der Waals surface area contributed by atoms with Crippen molar-refractivity contribution in [3.63, 3.8) is 0 Å². The molecule has 0 bridgehead atoms. The topological polar surface area (TPSA) is 67.8 Å². The van der Waals surface area contributed by atoms with E-state index in [4.69, 9.17) is 9.47 Å². The van der Waals surface area contributed by atoms with Crippen molar-refractivity contribution in [1.29, 1.82) is 0 Å². The molecule has 2 aromatic rings. The van der Waals surface area contributed by atoms with Gasteiger partial charge in [0.05, 0.1) is 12.1 Å². The first kappa shape index (κ1) is 15.9. The van der Waals surface area contributed by atoms with Gasteiger partial charge in [-0.1, -0.05) is 12.1 Å². The number of halogens is 1. The molecule has 1 heterocycles. The molecule has 0 aromatic heterocycles. The normalized spacial score (nSPS) is 22.2. The lowest BCUT2D eigenvalue weighted by molar-refractivity contribution is 0.0235. The second-order valence-corrected chi connectivity index (χ2v) is 6.46. The molecule has 1 aliphatic carbocycles. The van der Waals surface area contributed by atoms with Gasteiger partial charge in [0, 0.05) is 5.56 Å². The molecule has 0 spiro atoms. The van der Waals surface area contributed by atoms with Crippen molar-refractivity contribution in [3.05, 3.63) is 59.4 Å². The van der Waals surface area contributed by atoms with Crippen molar-refractivity contribution in [2.75, 3.05) is 6.79 Å². The van der Waals surface area contributed by atoms with Crippen LogP contribution in [0.1, 0.15) is 34.8 Å². The summed E-state index contributed by atoms with van der Waals surface area (Å²) in [7, 11) is 0. The third-order valence-corrected chi connectivity index (χ3v) is 4.77. The van der Waals surface area contributed by atoms with Crippen LogP contribution in [0.15, 0.2) is 42.5 Å². The standard InChI is InChI=1S/C19H18FNO4/c20-14-4-1-11(2-5-14)18(13-7-15(22)8-13)21-19(23)12-3-6-16-17(9-12)25-10-24-16/h1-6,9,13,15,18,22H,7-8,10H2,(H,21,23). The van der Waals surface area contributed by atoms with Crippen LogP contribution in [0.2, 0.25) is 0 Å². The van der Waals surface area contributed by atoms with E-state index in [-0.39, 0.29) is 36.6 Å². The third-order valence-electron chi connectivity index (χ3n) is 4.77. The Hall–Kier alpha value is -2.60. The summed E-state index contributed by atoms with van der Waals surface area (Å²) in [6.45, 7) is 0.151. The Bertz CT molecular complexity index is 787. The molecule has 1 atom stereocenters. The zero-order valence-corrected chi connectivity index (χ0v) is 13.4. The molecule has 6 heteroatoms. The highest BCUT2D eigenvalue weighted by Gasteiger charge is 2.36. The van der Waals surface area contributed by atoms with Crippen molar-refractivity contribution >= 4 is 5.91 Å². The number of amides is 1. The number of hydrogen-bond acceptors (Lipinski definition) is 4. The zero-order chi connectivity index (χ0) is 17.4. The molecule has 25 heavy (non-hydrogen) atoms. The Kier molecular flexibility index (Phi) is 4.05. The van der Waals surface area contributed by atoms with E-state index in [1.54, 1.807) is 30.3 Å². The van der Waals surface area contributed by atoms with E-state index < -0.39 is 0 Å². The molecule has 1 amide bonds. The lowest BCUT2D eigenvalue weighted by Crippen LogP contribution is -2.41. The first-order chi connectivity index (χ1) is 12.1. The third kappa shape index (κ3) is 3.17. The van der Waals surface area contributed by atoms with Gasteiger partial charge in [0.2, 0.25) is 6.79 Å². The predicted molar refractivity (Wildman–Crippen MR) is 87.9 cm³/mol. The highest BCUT2D eigenvalue weighted by atomic mass is 19.1. The molecule has 130 valence electrons. The summed E-state index contributed by atoms with van der Waals surface area (Å²) < 4.78 is 23.8. The number of carbonyl (C=O) groups is 1. The summed E-state index contributed by atoms with van der Waals surface area (Å²) in [5.74, 6) is 0.726. The molecular weight excluding hydrogens is 325 g/mol. The number of carbonyl (C=O) groups excluding carboxylic acids is 1. The second kappa shape index (κ2) is 6.37. The van der Waals surface area contributed by atoms with E-state index in [1.807, 2.05) is 0 Å². The van der Waals surface area contributed by atoms with E-state index in [1.165, 1.54) is 12.1 Å². The number of fused-ring (bicyclic) bond motifs is 1. The molecule has 1 unspecified atom stereocenters. The quantitative estimate of drug-likeness (QED) is 0.896. The van der Waals surface area contributed by atoms with Crippen LogP contribution < -0.4 is 14.8 Å². The fourth-order valence-corrected chi connectivity index (χ4v) is 3.31. The average Bonchev–Trinajstić information content (AvgIpc) is 3.05. The number of benzene rings is 2. The van der Waals surface area contributed by atoms with E-state index in [0.29, 0.717) is 29.9 Å². The maximum Gasteiger partial charge on any atom is 0.251 e. The Morgan fingerprint density at radius 2 is 1.84 bits per heavy atom. The van der Waals surface area contributed by atoms with Gasteiger partial charge in [-0.25, -0.2) is 4.39 Å². The maximum absolute atomic E-state index is 13.2. The number of aliphatic hydroxyl groups excluding tert-OH is 1. The highest BCUT2D eigenvalue weighted by molar-refractivity contribution is 5.95. The Morgan fingerprint density at radius 1 is 1.12 bits per heavy atom. The van der Waals surface area contributed by atoms with E-state index >= 15 is 0 Å². The van der Waals surface area contributed by atoms with Crippen molar-refractivity contribution < 1.29 is 23.8 Å². The molecule has 0 saturated heterocycles. The zero-order valence-electron chi connectivity index (χ0n) is 13.4. The lowest BCUT2D eigenvalue weighted by Gasteiger charge is -2.38. The minimum atomic E-state index is -0.338. The van der Waals surface area contributed by atoms with Gasteiger partial charge in [0.1, 0.15) is 5.82 Å². The van der Waals surface area contributed by atoms with Crippen LogP contribution in [0.5, 0.6) is 11.5 Å². The van der Waals surface area contributed by atoms with Crippen molar-refractivity contribution in [1.82, 2.24) is 5.32 Å². The fraction of sp³-hybridized carbons (Fsp3) is 0.316. The number of hydrogen-bond donors (Lipinski definition) is 2. The van der Waals surface area contributed by atoms with Gasteiger partial charge >= 0.3 is 0 Å². The van der Waals surface area contributed by atoms with Gasteiger partial charge in [0.25, 0.3) is 5.91 Å². The first-order valence-electron chi connectivity index (χ1n) is 8.24. The lowest BCUT2D eigenvalue weighted by atomic mass is 9.75. The van der Waals surface area contributed by atoms with Crippen LogP contribution in [0.4, 0.5) is 4.39 Å². The molecule has 1 fully saturated rings. The van der Waals surface area contributed by atoms with Gasteiger partial charge < -0.3 is 19.9 Å². The van der Waals surface area contributed by atoms with Gasteiger partial charge in [-0.05, 0) is 54.7 Å². The summed E-state index contributed by atoms with van der Waals surface area (Å²) in [6.07, 6.45) is 0.891. The van der Waals surface area contributed by atoms with Crippen LogP contribution >= 0.6 is 0 Å². The first-order valence-corrected chi connectivity index (χ1v) is 8.24. The van der Waals surface area contributed by atoms with Gasteiger partial charge in [-0.2, -0.15) is 0 Å². The van der Waals surface area contributed by atoms with Crippen LogP contribution in [0.3, 0.4) is 0 Å². The number of nitrogens with one attached hydrogen (secondary N) is 1. The summed E-state index contributed by atoms with van der Waals surface area (Å²) in [6, 6.07) is 10.9. The number of rotatable bonds is 4. The van der Waals surface area contributed by atoms with Crippen LogP contribution in [-0.2, 0) is 0 Å². The van der Waals surface area contributed by atoms with Crippen molar-refractivity contribution in [3.8, 4) is 11.5 Å². The smallest absolute Gasteiger partial charge is 0.251 e. The minimum absolute atomic E-state index is 0.124. The monoisotopic (exact) mass is 343 g/mol. The van der Waals surface area contributed by atoms with E-state index in [0.717, 1.165) is 5.56 Å². The molecule has 4 rings (SSSR count). The molecule has 5 nitrogen and oxygen atoms in total. The Balaban J connectivity index is 1.55. The second-order valence-electron chi connectivity index (χ2n) is 6.46.